The van der Waals surface area contributed by atoms with Crippen molar-refractivity contribution in [1.29, 1.82) is 0 Å². The molecular weight excluding hydrogens is 258 g/mol. The number of nitrogens with zero attached hydrogens (tertiary/aromatic N) is 1. The van der Waals surface area contributed by atoms with E-state index in [4.69, 9.17) is 0 Å². The SMILES string of the molecule is CC1CC(C)C(CN2CCCC(C(C)(C)C)CC2)C(O)C1. The van der Waals surface area contributed by atoms with E-state index >= 15 is 0 Å². The van der Waals surface area contributed by atoms with Crippen LogP contribution in [0.15, 0.2) is 0 Å². The summed E-state index contributed by atoms with van der Waals surface area (Å²) in [7, 11) is 0. The zero-order valence-electron chi connectivity index (χ0n) is 14.9. The Morgan fingerprint density at radius 2 is 1.76 bits per heavy atom. The van der Waals surface area contributed by atoms with Crippen LogP contribution >= 0.6 is 0 Å². The molecule has 1 aliphatic heterocycles. The molecule has 1 N–H and O–H groups in total. The molecule has 2 aliphatic rings. The van der Waals surface area contributed by atoms with E-state index in [2.05, 4.69) is 39.5 Å². The smallest absolute Gasteiger partial charge is 0.0585 e. The van der Waals surface area contributed by atoms with Gasteiger partial charge in [-0.2, -0.15) is 0 Å². The lowest BCUT2D eigenvalue weighted by molar-refractivity contribution is -0.00186. The van der Waals surface area contributed by atoms with Crippen molar-refractivity contribution in [3.8, 4) is 0 Å². The maximum absolute atomic E-state index is 10.5. The zero-order chi connectivity index (χ0) is 15.6. The summed E-state index contributed by atoms with van der Waals surface area (Å²) in [5.41, 5.74) is 0.448. The molecule has 0 amide bonds. The van der Waals surface area contributed by atoms with Gasteiger partial charge in [-0.3, -0.25) is 0 Å². The van der Waals surface area contributed by atoms with E-state index in [1.165, 1.54) is 38.8 Å². The van der Waals surface area contributed by atoms with Crippen molar-refractivity contribution >= 4 is 0 Å². The minimum Gasteiger partial charge on any atom is -0.393 e. The molecule has 2 heteroatoms. The zero-order valence-corrected chi connectivity index (χ0v) is 14.9. The Bertz CT molecular complexity index is 310. The number of aliphatic hydroxyl groups excluding tert-OH is 1. The molecule has 1 saturated carbocycles. The number of rotatable bonds is 2. The van der Waals surface area contributed by atoms with Crippen LogP contribution in [0.2, 0.25) is 0 Å². The van der Waals surface area contributed by atoms with Crippen LogP contribution in [-0.2, 0) is 0 Å². The van der Waals surface area contributed by atoms with E-state index in [9.17, 15) is 5.11 Å². The highest BCUT2D eigenvalue weighted by atomic mass is 16.3. The molecule has 21 heavy (non-hydrogen) atoms. The second-order valence-electron chi connectivity index (χ2n) is 9.08. The van der Waals surface area contributed by atoms with Gasteiger partial charge in [0.15, 0.2) is 0 Å². The Balaban J connectivity index is 1.88. The summed E-state index contributed by atoms with van der Waals surface area (Å²) < 4.78 is 0. The first kappa shape index (κ1) is 17.3. The number of aliphatic hydroxyl groups is 1. The first-order valence-electron chi connectivity index (χ1n) is 9.17. The minimum absolute atomic E-state index is 0.0783. The lowest BCUT2D eigenvalue weighted by Gasteiger charge is -2.39. The van der Waals surface area contributed by atoms with E-state index in [0.717, 1.165) is 18.9 Å². The largest absolute Gasteiger partial charge is 0.393 e. The van der Waals surface area contributed by atoms with Gasteiger partial charge in [0.1, 0.15) is 0 Å². The summed E-state index contributed by atoms with van der Waals surface area (Å²) in [6, 6.07) is 0. The third-order valence-corrected chi connectivity index (χ3v) is 6.16. The van der Waals surface area contributed by atoms with Crippen molar-refractivity contribution in [3.63, 3.8) is 0 Å². The van der Waals surface area contributed by atoms with E-state index in [0.29, 0.717) is 23.2 Å². The first-order chi connectivity index (χ1) is 9.77. The lowest BCUT2D eigenvalue weighted by Crippen LogP contribution is -2.43. The maximum Gasteiger partial charge on any atom is 0.0585 e. The number of hydrogen-bond acceptors (Lipinski definition) is 2. The summed E-state index contributed by atoms with van der Waals surface area (Å²) in [5, 5.41) is 10.5. The molecule has 0 bridgehead atoms. The van der Waals surface area contributed by atoms with Gasteiger partial charge in [-0.1, -0.05) is 34.6 Å². The van der Waals surface area contributed by atoms with Gasteiger partial charge in [0.2, 0.25) is 0 Å². The predicted molar refractivity (Wildman–Crippen MR) is 90.3 cm³/mol. The van der Waals surface area contributed by atoms with Crippen molar-refractivity contribution < 1.29 is 5.11 Å². The molecular formula is C19H37NO. The van der Waals surface area contributed by atoms with Crippen LogP contribution in [0.25, 0.3) is 0 Å². The van der Waals surface area contributed by atoms with Gasteiger partial charge in [0.25, 0.3) is 0 Å². The molecule has 0 aromatic rings. The summed E-state index contributed by atoms with van der Waals surface area (Å²) in [5.74, 6) is 2.72. The van der Waals surface area contributed by atoms with Crippen LogP contribution in [0, 0.1) is 29.1 Å². The van der Waals surface area contributed by atoms with Gasteiger partial charge in [-0.15, -0.1) is 0 Å². The van der Waals surface area contributed by atoms with E-state index in [1.807, 2.05) is 0 Å². The third kappa shape index (κ3) is 4.69. The first-order valence-corrected chi connectivity index (χ1v) is 9.17. The topological polar surface area (TPSA) is 23.5 Å². The Morgan fingerprint density at radius 1 is 1.05 bits per heavy atom. The monoisotopic (exact) mass is 295 g/mol. The summed E-state index contributed by atoms with van der Waals surface area (Å²) in [4.78, 5) is 2.64. The molecule has 0 spiro atoms. The Morgan fingerprint density at radius 3 is 2.38 bits per heavy atom. The summed E-state index contributed by atoms with van der Waals surface area (Å²) >= 11 is 0. The average molecular weight is 296 g/mol. The minimum atomic E-state index is -0.0783. The quantitative estimate of drug-likeness (QED) is 0.826. The lowest BCUT2D eigenvalue weighted by atomic mass is 9.73. The normalized spacial score (nSPS) is 40.0. The highest BCUT2D eigenvalue weighted by Gasteiger charge is 2.35. The highest BCUT2D eigenvalue weighted by Crippen LogP contribution is 2.37. The Hall–Kier alpha value is -0.0800. The van der Waals surface area contributed by atoms with Crippen LogP contribution < -0.4 is 0 Å². The van der Waals surface area contributed by atoms with Crippen LogP contribution in [0.1, 0.15) is 66.7 Å². The molecule has 2 nitrogen and oxygen atoms in total. The molecule has 1 saturated heterocycles. The van der Waals surface area contributed by atoms with Gasteiger partial charge in [-0.25, -0.2) is 0 Å². The molecule has 0 aromatic carbocycles. The summed E-state index contributed by atoms with van der Waals surface area (Å²) in [6.07, 6.45) is 6.26. The fourth-order valence-electron chi connectivity index (χ4n) is 4.68. The van der Waals surface area contributed by atoms with E-state index in [-0.39, 0.29) is 6.10 Å². The van der Waals surface area contributed by atoms with Crippen LogP contribution in [0.4, 0.5) is 0 Å². The Kier molecular flexibility index (Phi) is 5.76. The van der Waals surface area contributed by atoms with Crippen molar-refractivity contribution in [3.05, 3.63) is 0 Å². The number of hydrogen-bond donors (Lipinski definition) is 1. The predicted octanol–water partition coefficient (Wildman–Crippen LogP) is 4.18. The Labute approximate surface area is 132 Å². The molecule has 1 heterocycles. The van der Waals surface area contributed by atoms with Gasteiger partial charge in [0, 0.05) is 12.5 Å². The summed E-state index contributed by atoms with van der Waals surface area (Å²) in [6.45, 7) is 15.4. The van der Waals surface area contributed by atoms with Crippen LogP contribution in [-0.4, -0.2) is 35.7 Å². The standard InChI is InChI=1S/C19H37NO/c1-14-11-15(2)17(18(21)12-14)13-20-9-6-7-16(8-10-20)19(3,4)5/h14-18,21H,6-13H2,1-5H3. The molecule has 1 aliphatic carbocycles. The van der Waals surface area contributed by atoms with Gasteiger partial charge < -0.3 is 10.0 Å². The van der Waals surface area contributed by atoms with Crippen molar-refractivity contribution in [1.82, 2.24) is 4.90 Å². The molecule has 2 fully saturated rings. The fourth-order valence-corrected chi connectivity index (χ4v) is 4.68. The third-order valence-electron chi connectivity index (χ3n) is 6.16. The van der Waals surface area contributed by atoms with E-state index in [1.54, 1.807) is 0 Å². The molecule has 124 valence electrons. The van der Waals surface area contributed by atoms with Crippen LogP contribution in [0.3, 0.4) is 0 Å². The molecule has 5 atom stereocenters. The van der Waals surface area contributed by atoms with Crippen molar-refractivity contribution in [2.45, 2.75) is 72.8 Å². The molecule has 2 rings (SSSR count). The van der Waals surface area contributed by atoms with Gasteiger partial charge in [0.05, 0.1) is 6.10 Å². The number of likely N-dealkylation sites (tertiary alicyclic amines) is 1. The maximum atomic E-state index is 10.5. The second kappa shape index (κ2) is 7.00. The van der Waals surface area contributed by atoms with Gasteiger partial charge >= 0.3 is 0 Å². The van der Waals surface area contributed by atoms with Crippen molar-refractivity contribution in [2.24, 2.45) is 29.1 Å². The van der Waals surface area contributed by atoms with Crippen molar-refractivity contribution in [2.75, 3.05) is 19.6 Å². The van der Waals surface area contributed by atoms with E-state index < -0.39 is 0 Å². The van der Waals surface area contributed by atoms with Gasteiger partial charge in [-0.05, 0) is 68.4 Å². The highest BCUT2D eigenvalue weighted by molar-refractivity contribution is 4.86. The second-order valence-corrected chi connectivity index (χ2v) is 9.08. The molecule has 0 radical (unpaired) electrons. The molecule has 5 unspecified atom stereocenters. The fraction of sp³-hybridized carbons (Fsp3) is 1.00. The average Bonchev–Trinajstić information content (AvgIpc) is 2.58. The molecule has 0 aromatic heterocycles. The van der Waals surface area contributed by atoms with Crippen LogP contribution in [0.5, 0.6) is 0 Å².